The second-order valence-corrected chi connectivity index (χ2v) is 5.29. The molecule has 0 bridgehead atoms. The number of ether oxygens (including phenoxy) is 1. The van der Waals surface area contributed by atoms with Crippen molar-refractivity contribution in [3.63, 3.8) is 0 Å². The fraction of sp³-hybridized carbons (Fsp3) is 0.308. The van der Waals surface area contributed by atoms with Crippen LogP contribution in [-0.4, -0.2) is 28.0 Å². The first-order valence-corrected chi connectivity index (χ1v) is 7.01. The van der Waals surface area contributed by atoms with Gasteiger partial charge < -0.3 is 14.9 Å². The molecule has 0 saturated heterocycles. The number of aromatic nitrogens is 2. The van der Waals surface area contributed by atoms with E-state index in [0.29, 0.717) is 17.7 Å². The van der Waals surface area contributed by atoms with E-state index < -0.39 is 11.2 Å². The van der Waals surface area contributed by atoms with Gasteiger partial charge in [0.15, 0.2) is 0 Å². The monoisotopic (exact) mass is 293 g/mol. The largest absolute Gasteiger partial charge is 0.494 e. The summed E-state index contributed by atoms with van der Waals surface area (Å²) >= 11 is 1.14. The maximum Gasteiger partial charge on any atom is 0.277 e. The molecule has 0 aliphatic rings. The lowest BCUT2D eigenvalue weighted by Crippen LogP contribution is -2.22. The highest BCUT2D eigenvalue weighted by molar-refractivity contribution is 8.00. The summed E-state index contributed by atoms with van der Waals surface area (Å²) in [5.74, 6) is 0.760. The Morgan fingerprint density at radius 3 is 2.70 bits per heavy atom. The lowest BCUT2D eigenvalue weighted by molar-refractivity contribution is -0.117. The molecule has 1 unspecified atom stereocenters. The summed E-state index contributed by atoms with van der Waals surface area (Å²) in [6.45, 7) is 4.23. The fourth-order valence-corrected chi connectivity index (χ4v) is 2.08. The van der Waals surface area contributed by atoms with Crippen molar-refractivity contribution in [1.82, 2.24) is 10.2 Å². The molecule has 6 nitrogen and oxygen atoms in total. The van der Waals surface area contributed by atoms with Crippen molar-refractivity contribution in [2.24, 2.45) is 5.73 Å². The molecular weight excluding hydrogens is 278 g/mol. The molecule has 20 heavy (non-hydrogen) atoms. The van der Waals surface area contributed by atoms with Crippen LogP contribution in [0.1, 0.15) is 13.8 Å². The molecule has 0 spiro atoms. The van der Waals surface area contributed by atoms with Crippen molar-refractivity contribution in [2.45, 2.75) is 24.3 Å². The number of carbonyl (C=O) groups is 1. The Hall–Kier alpha value is -2.02. The number of benzene rings is 1. The molecular formula is C13H15N3O3S. The summed E-state index contributed by atoms with van der Waals surface area (Å²) in [5.41, 5.74) is 5.97. The molecule has 2 N–H and O–H groups in total. The van der Waals surface area contributed by atoms with Crippen LogP contribution < -0.4 is 10.5 Å². The van der Waals surface area contributed by atoms with E-state index in [0.717, 1.165) is 23.1 Å². The van der Waals surface area contributed by atoms with Crippen molar-refractivity contribution in [2.75, 3.05) is 6.61 Å². The van der Waals surface area contributed by atoms with Crippen LogP contribution in [0.4, 0.5) is 0 Å². The zero-order chi connectivity index (χ0) is 14.5. The number of thioether (sulfide) groups is 1. The lowest BCUT2D eigenvalue weighted by atomic mass is 10.2. The van der Waals surface area contributed by atoms with Crippen LogP contribution in [0, 0.1) is 0 Å². The van der Waals surface area contributed by atoms with Crippen LogP contribution in [0.15, 0.2) is 33.9 Å². The Morgan fingerprint density at radius 1 is 1.40 bits per heavy atom. The summed E-state index contributed by atoms with van der Waals surface area (Å²) < 4.78 is 10.8. The zero-order valence-electron chi connectivity index (χ0n) is 11.2. The number of nitrogens with two attached hydrogens (primary N) is 1. The highest BCUT2D eigenvalue weighted by Gasteiger charge is 2.16. The lowest BCUT2D eigenvalue weighted by Gasteiger charge is -2.02. The van der Waals surface area contributed by atoms with Crippen molar-refractivity contribution in [3.8, 4) is 17.2 Å². The molecule has 1 heterocycles. The standard InChI is InChI=1S/C13H15N3O3S/c1-3-18-10-6-4-9(5-7-10)12-15-16-13(19-12)20-8(2)11(14)17/h4-8H,3H2,1-2H3,(H2,14,17). The number of rotatable bonds is 6. The van der Waals surface area contributed by atoms with Gasteiger partial charge in [0.25, 0.3) is 5.22 Å². The van der Waals surface area contributed by atoms with Gasteiger partial charge in [-0.1, -0.05) is 11.8 Å². The molecule has 1 aromatic carbocycles. The Balaban J connectivity index is 2.10. The van der Waals surface area contributed by atoms with Gasteiger partial charge in [-0.05, 0) is 38.1 Å². The van der Waals surface area contributed by atoms with Crippen LogP contribution in [0.25, 0.3) is 11.5 Å². The smallest absolute Gasteiger partial charge is 0.277 e. The van der Waals surface area contributed by atoms with Crippen LogP contribution in [-0.2, 0) is 4.79 Å². The van der Waals surface area contributed by atoms with E-state index in [1.807, 2.05) is 31.2 Å². The number of carbonyl (C=O) groups excluding carboxylic acids is 1. The van der Waals surface area contributed by atoms with E-state index in [1.54, 1.807) is 6.92 Å². The Morgan fingerprint density at radius 2 is 2.10 bits per heavy atom. The first-order chi connectivity index (χ1) is 9.60. The van der Waals surface area contributed by atoms with Gasteiger partial charge >= 0.3 is 0 Å². The minimum absolute atomic E-state index is 0.320. The minimum atomic E-state index is -0.421. The van der Waals surface area contributed by atoms with Gasteiger partial charge in [-0.25, -0.2) is 0 Å². The van der Waals surface area contributed by atoms with Gasteiger partial charge in [-0.3, -0.25) is 4.79 Å². The van der Waals surface area contributed by atoms with Crippen molar-refractivity contribution >= 4 is 17.7 Å². The summed E-state index contributed by atoms with van der Waals surface area (Å²) in [7, 11) is 0. The topological polar surface area (TPSA) is 91.2 Å². The first-order valence-electron chi connectivity index (χ1n) is 6.13. The van der Waals surface area contributed by atoms with Crippen LogP contribution in [0.5, 0.6) is 5.75 Å². The summed E-state index contributed by atoms with van der Waals surface area (Å²) in [6, 6.07) is 7.35. The second kappa shape index (κ2) is 6.42. The molecule has 7 heteroatoms. The number of hydrogen-bond acceptors (Lipinski definition) is 6. The van der Waals surface area contributed by atoms with Crippen molar-refractivity contribution < 1.29 is 13.9 Å². The summed E-state index contributed by atoms with van der Waals surface area (Å²) in [6.07, 6.45) is 0. The molecule has 0 radical (unpaired) electrons. The average Bonchev–Trinajstić information content (AvgIpc) is 2.88. The highest BCUT2D eigenvalue weighted by atomic mass is 32.2. The molecule has 106 valence electrons. The van der Waals surface area contributed by atoms with Gasteiger partial charge in [-0.2, -0.15) is 0 Å². The molecule has 1 amide bonds. The quantitative estimate of drug-likeness (QED) is 0.820. The number of primary amides is 1. The van der Waals surface area contributed by atoms with E-state index in [4.69, 9.17) is 14.9 Å². The average molecular weight is 293 g/mol. The third-order valence-electron chi connectivity index (χ3n) is 2.50. The van der Waals surface area contributed by atoms with Gasteiger partial charge in [0.2, 0.25) is 11.8 Å². The molecule has 2 aromatic rings. The van der Waals surface area contributed by atoms with E-state index in [2.05, 4.69) is 10.2 Å². The zero-order valence-corrected chi connectivity index (χ0v) is 12.0. The molecule has 1 aromatic heterocycles. The molecule has 0 fully saturated rings. The van der Waals surface area contributed by atoms with Crippen LogP contribution >= 0.6 is 11.8 Å². The minimum Gasteiger partial charge on any atom is -0.494 e. The van der Waals surface area contributed by atoms with Gasteiger partial charge in [0.1, 0.15) is 5.75 Å². The van der Waals surface area contributed by atoms with Gasteiger partial charge in [0.05, 0.1) is 11.9 Å². The molecule has 0 saturated carbocycles. The normalized spacial score (nSPS) is 12.1. The van der Waals surface area contributed by atoms with E-state index in [1.165, 1.54) is 0 Å². The second-order valence-electron chi connectivity index (χ2n) is 3.99. The fourth-order valence-electron chi connectivity index (χ4n) is 1.44. The van der Waals surface area contributed by atoms with Crippen LogP contribution in [0.2, 0.25) is 0 Å². The Kier molecular flexibility index (Phi) is 4.62. The van der Waals surface area contributed by atoms with Crippen molar-refractivity contribution in [1.29, 1.82) is 0 Å². The maximum atomic E-state index is 11.0. The number of nitrogens with zero attached hydrogens (tertiary/aromatic N) is 2. The number of amides is 1. The first kappa shape index (κ1) is 14.4. The molecule has 0 aliphatic heterocycles. The van der Waals surface area contributed by atoms with E-state index >= 15 is 0 Å². The van der Waals surface area contributed by atoms with E-state index in [-0.39, 0.29) is 0 Å². The third kappa shape index (κ3) is 3.51. The van der Waals surface area contributed by atoms with E-state index in [9.17, 15) is 4.79 Å². The Bertz CT molecular complexity index is 583. The van der Waals surface area contributed by atoms with Gasteiger partial charge in [0, 0.05) is 5.56 Å². The third-order valence-corrected chi connectivity index (χ3v) is 3.45. The Labute approximate surface area is 120 Å². The summed E-state index contributed by atoms with van der Waals surface area (Å²) in [4.78, 5) is 11.0. The van der Waals surface area contributed by atoms with Crippen LogP contribution in [0.3, 0.4) is 0 Å². The summed E-state index contributed by atoms with van der Waals surface area (Å²) in [5, 5.41) is 7.73. The maximum absolute atomic E-state index is 11.0. The molecule has 2 rings (SSSR count). The van der Waals surface area contributed by atoms with Crippen molar-refractivity contribution in [3.05, 3.63) is 24.3 Å². The molecule has 1 atom stereocenters. The number of hydrogen-bond donors (Lipinski definition) is 1. The SMILES string of the molecule is CCOc1ccc(-c2nnc(SC(C)C(N)=O)o2)cc1. The highest BCUT2D eigenvalue weighted by Crippen LogP contribution is 2.26. The predicted octanol–water partition coefficient (Wildman–Crippen LogP) is 2.10. The predicted molar refractivity (Wildman–Crippen MR) is 75.4 cm³/mol. The van der Waals surface area contributed by atoms with Gasteiger partial charge in [-0.15, -0.1) is 10.2 Å². The molecule has 0 aliphatic carbocycles.